The van der Waals surface area contributed by atoms with E-state index in [0.717, 1.165) is 45.8 Å². The first-order valence-corrected chi connectivity index (χ1v) is 12.3. The van der Waals surface area contributed by atoms with E-state index in [1.165, 1.54) is 18.4 Å². The molecule has 0 spiro atoms. The molecule has 2 heterocycles. The summed E-state index contributed by atoms with van der Waals surface area (Å²) in [7, 11) is 3.17. The molecule has 0 saturated carbocycles. The Morgan fingerprint density at radius 2 is 1.43 bits per heavy atom. The zero-order valence-corrected chi connectivity index (χ0v) is 21.3. The Morgan fingerprint density at radius 3 is 1.97 bits per heavy atom. The predicted molar refractivity (Wildman–Crippen MR) is 137 cm³/mol. The minimum atomic E-state index is -1.82. The summed E-state index contributed by atoms with van der Waals surface area (Å²) in [5, 5.41) is 14.8. The van der Waals surface area contributed by atoms with Crippen LogP contribution in [0.1, 0.15) is 28.8 Å². The average molecular weight is 514 g/mol. The molecule has 2 aliphatic rings. The van der Waals surface area contributed by atoms with Crippen molar-refractivity contribution < 1.29 is 34.1 Å². The highest BCUT2D eigenvalue weighted by atomic mass is 16.5. The van der Waals surface area contributed by atoms with Gasteiger partial charge in [-0.25, -0.2) is 9.59 Å². The van der Waals surface area contributed by atoms with E-state index in [2.05, 4.69) is 40.1 Å². The fraction of sp³-hybridized carbons (Fsp3) is 0.444. The molecule has 10 heteroatoms. The van der Waals surface area contributed by atoms with Crippen LogP contribution >= 0.6 is 0 Å². The van der Waals surface area contributed by atoms with Crippen molar-refractivity contribution in [2.75, 3.05) is 53.5 Å². The van der Waals surface area contributed by atoms with Gasteiger partial charge in [-0.15, -0.1) is 0 Å². The van der Waals surface area contributed by atoms with Crippen LogP contribution in [0.3, 0.4) is 0 Å². The predicted octanol–water partition coefficient (Wildman–Crippen LogP) is 2.28. The molecule has 2 N–H and O–H groups in total. The summed E-state index contributed by atoms with van der Waals surface area (Å²) in [6.45, 7) is 6.69. The maximum absolute atomic E-state index is 13.1. The van der Waals surface area contributed by atoms with E-state index in [0.29, 0.717) is 23.1 Å². The second-order valence-electron chi connectivity index (χ2n) is 8.97. The number of nitrogens with zero attached hydrogens (tertiary/aromatic N) is 3. The highest BCUT2D eigenvalue weighted by Gasteiger charge is 2.30. The van der Waals surface area contributed by atoms with E-state index < -0.39 is 11.9 Å². The average Bonchev–Trinajstić information content (AvgIpc) is 2.93. The van der Waals surface area contributed by atoms with Crippen LogP contribution in [0.2, 0.25) is 0 Å². The van der Waals surface area contributed by atoms with Crippen LogP contribution in [-0.4, -0.2) is 102 Å². The van der Waals surface area contributed by atoms with Crippen molar-refractivity contribution in [1.82, 2.24) is 14.7 Å². The topological polar surface area (TPSA) is 120 Å². The highest BCUT2D eigenvalue weighted by molar-refractivity contribution is 6.27. The van der Waals surface area contributed by atoms with E-state index in [1.54, 1.807) is 14.2 Å². The third-order valence-corrected chi connectivity index (χ3v) is 6.74. The van der Waals surface area contributed by atoms with Crippen molar-refractivity contribution in [2.24, 2.45) is 0 Å². The van der Waals surface area contributed by atoms with Crippen LogP contribution < -0.4 is 9.47 Å². The van der Waals surface area contributed by atoms with Gasteiger partial charge in [0.2, 0.25) is 0 Å². The van der Waals surface area contributed by atoms with Gasteiger partial charge in [0.05, 0.1) is 19.8 Å². The number of piperazine rings is 1. The van der Waals surface area contributed by atoms with E-state index in [9.17, 15) is 4.79 Å². The summed E-state index contributed by atoms with van der Waals surface area (Å²) in [4.78, 5) is 38.4. The highest BCUT2D eigenvalue weighted by Crippen LogP contribution is 2.32. The number of para-hydroxylation sites is 1. The Bertz CT molecular complexity index is 1040. The summed E-state index contributed by atoms with van der Waals surface area (Å²) in [5.74, 6) is -2.52. The summed E-state index contributed by atoms with van der Waals surface area (Å²) in [5.41, 5.74) is 1.96. The van der Waals surface area contributed by atoms with Crippen molar-refractivity contribution in [2.45, 2.75) is 25.4 Å². The second kappa shape index (κ2) is 13.6. The standard InChI is InChI=1S/C25H33N3O3.C2H2O4/c1-30-23-10-6-9-22(24(23)31-2)25(29)28-17-15-27(16-18-28)21-11-13-26(14-12-21)19-20-7-4-3-5-8-20;3-1(4)2(5)6/h3-10,21H,11-19H2,1-2H3;(H,3,4)(H,5,6). The number of carboxylic acids is 2. The molecular formula is C27H35N3O7. The number of hydrogen-bond acceptors (Lipinski definition) is 7. The first-order valence-electron chi connectivity index (χ1n) is 12.3. The van der Waals surface area contributed by atoms with Crippen molar-refractivity contribution in [3.63, 3.8) is 0 Å². The van der Waals surface area contributed by atoms with E-state index >= 15 is 0 Å². The molecule has 2 aromatic carbocycles. The van der Waals surface area contributed by atoms with Crippen molar-refractivity contribution in [3.05, 3.63) is 59.7 Å². The smallest absolute Gasteiger partial charge is 0.414 e. The summed E-state index contributed by atoms with van der Waals surface area (Å²) in [6, 6.07) is 16.8. The third-order valence-electron chi connectivity index (χ3n) is 6.74. The van der Waals surface area contributed by atoms with Crippen LogP contribution in [0.5, 0.6) is 11.5 Å². The lowest BCUT2D eigenvalue weighted by molar-refractivity contribution is -0.159. The molecule has 2 saturated heterocycles. The Balaban J connectivity index is 0.000000568. The number of ether oxygens (including phenoxy) is 2. The number of piperidine rings is 1. The maximum atomic E-state index is 13.1. The SMILES string of the molecule is COc1cccc(C(=O)N2CCN(C3CCN(Cc4ccccc4)CC3)CC2)c1OC.O=C(O)C(=O)O. The minimum absolute atomic E-state index is 0.0214. The Hall–Kier alpha value is -3.63. The lowest BCUT2D eigenvalue weighted by Gasteiger charge is -2.42. The fourth-order valence-corrected chi connectivity index (χ4v) is 4.80. The molecule has 0 aliphatic carbocycles. The molecule has 2 aromatic rings. The monoisotopic (exact) mass is 513 g/mol. The number of carboxylic acid groups (broad SMARTS) is 2. The molecule has 0 atom stereocenters. The number of amides is 1. The normalized spacial score (nSPS) is 16.9. The van der Waals surface area contributed by atoms with Crippen molar-refractivity contribution >= 4 is 17.8 Å². The second-order valence-corrected chi connectivity index (χ2v) is 8.97. The summed E-state index contributed by atoms with van der Waals surface area (Å²) in [6.07, 6.45) is 2.40. The minimum Gasteiger partial charge on any atom is -0.493 e. The number of likely N-dealkylation sites (tertiary alicyclic amines) is 1. The molecule has 2 fully saturated rings. The van der Waals surface area contributed by atoms with E-state index in [4.69, 9.17) is 29.3 Å². The number of carbonyl (C=O) groups is 3. The lowest BCUT2D eigenvalue weighted by Crippen LogP contribution is -2.54. The zero-order chi connectivity index (χ0) is 26.8. The van der Waals surface area contributed by atoms with Crippen LogP contribution in [0.4, 0.5) is 0 Å². The molecule has 4 rings (SSSR count). The fourth-order valence-electron chi connectivity index (χ4n) is 4.80. The van der Waals surface area contributed by atoms with Crippen molar-refractivity contribution in [1.29, 1.82) is 0 Å². The van der Waals surface area contributed by atoms with E-state index in [1.807, 2.05) is 23.1 Å². The molecule has 0 unspecified atom stereocenters. The number of carbonyl (C=O) groups excluding carboxylic acids is 1. The number of benzene rings is 2. The third kappa shape index (κ3) is 7.68. The van der Waals surface area contributed by atoms with Crippen LogP contribution in [0.25, 0.3) is 0 Å². The van der Waals surface area contributed by atoms with Gasteiger partial charge in [-0.05, 0) is 43.6 Å². The van der Waals surface area contributed by atoms with Gasteiger partial charge in [-0.2, -0.15) is 0 Å². The molecule has 0 aromatic heterocycles. The van der Waals surface area contributed by atoms with Gasteiger partial charge >= 0.3 is 11.9 Å². The first kappa shape index (κ1) is 27.9. The first-order chi connectivity index (χ1) is 17.8. The van der Waals surface area contributed by atoms with Gasteiger partial charge < -0.3 is 24.6 Å². The molecule has 1 amide bonds. The number of methoxy groups -OCH3 is 2. The summed E-state index contributed by atoms with van der Waals surface area (Å²) < 4.78 is 10.8. The molecule has 0 bridgehead atoms. The van der Waals surface area contributed by atoms with Crippen LogP contribution in [0.15, 0.2) is 48.5 Å². The number of rotatable bonds is 6. The Kier molecular flexibility index (Phi) is 10.3. The molecule has 200 valence electrons. The quantitative estimate of drug-likeness (QED) is 0.561. The van der Waals surface area contributed by atoms with Gasteiger partial charge in [0.1, 0.15) is 0 Å². The van der Waals surface area contributed by atoms with Gasteiger partial charge in [-0.1, -0.05) is 36.4 Å². The van der Waals surface area contributed by atoms with E-state index in [-0.39, 0.29) is 5.91 Å². The van der Waals surface area contributed by atoms with Crippen molar-refractivity contribution in [3.8, 4) is 11.5 Å². The molecule has 10 nitrogen and oxygen atoms in total. The van der Waals surface area contributed by atoms with Crippen LogP contribution in [0, 0.1) is 0 Å². The molecule has 37 heavy (non-hydrogen) atoms. The van der Waals surface area contributed by atoms with Gasteiger partial charge in [0, 0.05) is 38.8 Å². The van der Waals surface area contributed by atoms with Gasteiger partial charge in [-0.3, -0.25) is 14.6 Å². The largest absolute Gasteiger partial charge is 0.493 e. The van der Waals surface area contributed by atoms with Gasteiger partial charge in [0.25, 0.3) is 5.91 Å². The lowest BCUT2D eigenvalue weighted by atomic mass is 10.0. The number of aliphatic carboxylic acids is 2. The van der Waals surface area contributed by atoms with Gasteiger partial charge in [0.15, 0.2) is 11.5 Å². The molecular weight excluding hydrogens is 478 g/mol. The maximum Gasteiger partial charge on any atom is 0.414 e. The van der Waals surface area contributed by atoms with Crippen LogP contribution in [-0.2, 0) is 16.1 Å². The zero-order valence-electron chi connectivity index (χ0n) is 21.3. The molecule has 0 radical (unpaired) electrons. The molecule has 2 aliphatic heterocycles. The summed E-state index contributed by atoms with van der Waals surface area (Å²) >= 11 is 0. The Morgan fingerprint density at radius 1 is 0.811 bits per heavy atom. The number of hydrogen-bond donors (Lipinski definition) is 2. The Labute approximate surface area is 217 Å².